The molecule has 0 heterocycles. The summed E-state index contributed by atoms with van der Waals surface area (Å²) in [4.78, 5) is 14.5. The average molecular weight is 314 g/mol. The standard InChI is InChI=1S/C14H20ClN3OS/c1-3-18(8-10(2)14(16)20)9-13(19)17-12-6-4-11(15)5-7-12/h4-7,10H,3,8-9H2,1-2H3,(H2,16,20)(H,17,19). The van der Waals surface area contributed by atoms with Crippen LogP contribution in [0.2, 0.25) is 5.02 Å². The molecular formula is C14H20ClN3OS. The van der Waals surface area contributed by atoms with Crippen molar-refractivity contribution in [3.8, 4) is 0 Å². The van der Waals surface area contributed by atoms with E-state index in [0.717, 1.165) is 12.2 Å². The second-order valence-electron chi connectivity index (χ2n) is 4.69. The van der Waals surface area contributed by atoms with Crippen molar-refractivity contribution in [1.29, 1.82) is 0 Å². The fraction of sp³-hybridized carbons (Fsp3) is 0.429. The van der Waals surface area contributed by atoms with Gasteiger partial charge in [-0.1, -0.05) is 37.7 Å². The summed E-state index contributed by atoms with van der Waals surface area (Å²) in [6.07, 6.45) is 0. The van der Waals surface area contributed by atoms with Crippen molar-refractivity contribution in [3.63, 3.8) is 0 Å². The van der Waals surface area contributed by atoms with Crippen molar-refractivity contribution in [2.45, 2.75) is 13.8 Å². The molecule has 0 bridgehead atoms. The largest absolute Gasteiger partial charge is 0.393 e. The Morgan fingerprint density at radius 3 is 2.55 bits per heavy atom. The SMILES string of the molecule is CCN(CC(=O)Nc1ccc(Cl)cc1)CC(C)C(N)=S. The highest BCUT2D eigenvalue weighted by Gasteiger charge is 2.14. The predicted molar refractivity (Wildman–Crippen MR) is 88.1 cm³/mol. The van der Waals surface area contributed by atoms with Crippen LogP contribution in [0, 0.1) is 5.92 Å². The molecule has 1 unspecified atom stereocenters. The molecular weight excluding hydrogens is 294 g/mol. The monoisotopic (exact) mass is 313 g/mol. The molecule has 0 aliphatic heterocycles. The minimum absolute atomic E-state index is 0.0655. The van der Waals surface area contributed by atoms with Gasteiger partial charge in [-0.3, -0.25) is 9.69 Å². The van der Waals surface area contributed by atoms with E-state index < -0.39 is 0 Å². The Labute approximate surface area is 130 Å². The van der Waals surface area contributed by atoms with Crippen LogP contribution in [0.1, 0.15) is 13.8 Å². The molecule has 0 fully saturated rings. The Morgan fingerprint density at radius 2 is 2.05 bits per heavy atom. The summed E-state index contributed by atoms with van der Waals surface area (Å²) in [7, 11) is 0. The van der Waals surface area contributed by atoms with Gasteiger partial charge in [0.2, 0.25) is 5.91 Å². The Hall–Kier alpha value is -1.17. The van der Waals surface area contributed by atoms with Crippen molar-refractivity contribution in [3.05, 3.63) is 29.3 Å². The number of carbonyl (C=O) groups is 1. The zero-order chi connectivity index (χ0) is 15.1. The van der Waals surface area contributed by atoms with Crippen LogP contribution in [0.3, 0.4) is 0 Å². The number of nitrogens with one attached hydrogen (secondary N) is 1. The van der Waals surface area contributed by atoms with Crippen molar-refractivity contribution in [2.75, 3.05) is 25.0 Å². The van der Waals surface area contributed by atoms with Gasteiger partial charge in [-0.25, -0.2) is 0 Å². The van der Waals surface area contributed by atoms with Crippen molar-refractivity contribution < 1.29 is 4.79 Å². The first-order valence-electron chi connectivity index (χ1n) is 6.49. The minimum atomic E-state index is -0.0655. The first-order valence-corrected chi connectivity index (χ1v) is 7.28. The van der Waals surface area contributed by atoms with Gasteiger partial charge in [0.15, 0.2) is 0 Å². The molecule has 20 heavy (non-hydrogen) atoms. The third-order valence-electron chi connectivity index (χ3n) is 2.96. The molecule has 1 aromatic rings. The molecule has 0 radical (unpaired) electrons. The lowest BCUT2D eigenvalue weighted by atomic mass is 10.1. The van der Waals surface area contributed by atoms with E-state index in [9.17, 15) is 4.79 Å². The zero-order valence-corrected chi connectivity index (χ0v) is 13.3. The molecule has 1 aromatic carbocycles. The maximum absolute atomic E-state index is 12.0. The molecule has 0 aliphatic carbocycles. The second-order valence-corrected chi connectivity index (χ2v) is 5.59. The lowest BCUT2D eigenvalue weighted by Gasteiger charge is -2.23. The first-order chi connectivity index (χ1) is 9.42. The van der Waals surface area contributed by atoms with E-state index in [0.29, 0.717) is 23.1 Å². The van der Waals surface area contributed by atoms with Gasteiger partial charge >= 0.3 is 0 Å². The molecule has 0 aliphatic rings. The number of nitrogens with zero attached hydrogens (tertiary/aromatic N) is 1. The van der Waals surface area contributed by atoms with Crippen LogP contribution in [-0.4, -0.2) is 35.4 Å². The van der Waals surface area contributed by atoms with E-state index in [-0.39, 0.29) is 11.8 Å². The van der Waals surface area contributed by atoms with Gasteiger partial charge in [0.25, 0.3) is 0 Å². The molecule has 0 saturated carbocycles. The number of anilines is 1. The van der Waals surface area contributed by atoms with Crippen molar-refractivity contribution in [1.82, 2.24) is 4.90 Å². The van der Waals surface area contributed by atoms with Crippen LogP contribution < -0.4 is 11.1 Å². The van der Waals surface area contributed by atoms with Gasteiger partial charge in [-0.2, -0.15) is 0 Å². The molecule has 110 valence electrons. The van der Waals surface area contributed by atoms with E-state index in [1.54, 1.807) is 24.3 Å². The third-order valence-corrected chi connectivity index (χ3v) is 3.61. The summed E-state index contributed by atoms with van der Waals surface area (Å²) in [5.41, 5.74) is 6.33. The lowest BCUT2D eigenvalue weighted by Crippen LogP contribution is -2.38. The number of thiocarbonyl (C=S) groups is 1. The van der Waals surface area contributed by atoms with Crippen molar-refractivity contribution >= 4 is 40.4 Å². The van der Waals surface area contributed by atoms with Gasteiger partial charge < -0.3 is 11.1 Å². The Morgan fingerprint density at radius 1 is 1.45 bits per heavy atom. The van der Waals surface area contributed by atoms with E-state index >= 15 is 0 Å². The quantitative estimate of drug-likeness (QED) is 0.759. The maximum atomic E-state index is 12.0. The van der Waals surface area contributed by atoms with Gasteiger partial charge in [0, 0.05) is 23.2 Å². The molecule has 1 atom stereocenters. The summed E-state index contributed by atoms with van der Waals surface area (Å²) in [6.45, 7) is 5.72. The van der Waals surface area contributed by atoms with E-state index in [4.69, 9.17) is 29.6 Å². The number of amides is 1. The number of hydrogen-bond acceptors (Lipinski definition) is 3. The zero-order valence-electron chi connectivity index (χ0n) is 11.7. The van der Waals surface area contributed by atoms with E-state index in [1.165, 1.54) is 0 Å². The predicted octanol–water partition coefficient (Wildman–Crippen LogP) is 2.52. The summed E-state index contributed by atoms with van der Waals surface area (Å²) >= 11 is 10.8. The highest BCUT2D eigenvalue weighted by atomic mass is 35.5. The van der Waals surface area contributed by atoms with Crippen LogP contribution in [0.25, 0.3) is 0 Å². The molecule has 6 heteroatoms. The topological polar surface area (TPSA) is 58.4 Å². The highest BCUT2D eigenvalue weighted by molar-refractivity contribution is 7.80. The number of nitrogens with two attached hydrogens (primary N) is 1. The highest BCUT2D eigenvalue weighted by Crippen LogP contribution is 2.13. The number of rotatable bonds is 7. The maximum Gasteiger partial charge on any atom is 0.238 e. The number of likely N-dealkylation sites (N-methyl/N-ethyl adjacent to an activating group) is 1. The van der Waals surface area contributed by atoms with Crippen molar-refractivity contribution in [2.24, 2.45) is 11.7 Å². The lowest BCUT2D eigenvalue weighted by molar-refractivity contribution is -0.117. The van der Waals surface area contributed by atoms with Crippen LogP contribution >= 0.6 is 23.8 Å². The molecule has 0 aromatic heterocycles. The Balaban J connectivity index is 2.50. The molecule has 3 N–H and O–H groups in total. The summed E-state index contributed by atoms with van der Waals surface area (Å²) in [6, 6.07) is 7.02. The smallest absolute Gasteiger partial charge is 0.238 e. The number of carbonyl (C=O) groups excluding carboxylic acids is 1. The number of benzene rings is 1. The first kappa shape index (κ1) is 16.9. The Bertz CT molecular complexity index is 464. The normalized spacial score (nSPS) is 12.2. The minimum Gasteiger partial charge on any atom is -0.393 e. The van der Waals surface area contributed by atoms with Crippen LogP contribution in [-0.2, 0) is 4.79 Å². The average Bonchev–Trinajstić information content (AvgIpc) is 2.40. The Kier molecular flexibility index (Phi) is 6.91. The molecule has 4 nitrogen and oxygen atoms in total. The number of halogens is 1. The third kappa shape index (κ3) is 5.86. The van der Waals surface area contributed by atoms with Gasteiger partial charge in [0.1, 0.15) is 0 Å². The van der Waals surface area contributed by atoms with Crippen LogP contribution in [0.4, 0.5) is 5.69 Å². The van der Waals surface area contributed by atoms with E-state index in [1.807, 2.05) is 18.7 Å². The number of hydrogen-bond donors (Lipinski definition) is 2. The summed E-state index contributed by atoms with van der Waals surface area (Å²) in [5, 5.41) is 3.48. The molecule has 1 amide bonds. The fourth-order valence-electron chi connectivity index (χ4n) is 1.72. The molecule has 0 saturated heterocycles. The summed E-state index contributed by atoms with van der Waals surface area (Å²) in [5.74, 6) is 0.0256. The van der Waals surface area contributed by atoms with Gasteiger partial charge in [-0.05, 0) is 30.8 Å². The van der Waals surface area contributed by atoms with Gasteiger partial charge in [-0.15, -0.1) is 0 Å². The van der Waals surface area contributed by atoms with Crippen LogP contribution in [0.5, 0.6) is 0 Å². The molecule has 1 rings (SSSR count). The molecule has 0 spiro atoms. The summed E-state index contributed by atoms with van der Waals surface area (Å²) < 4.78 is 0. The van der Waals surface area contributed by atoms with E-state index in [2.05, 4.69) is 5.32 Å². The second kappa shape index (κ2) is 8.19. The fourth-order valence-corrected chi connectivity index (χ4v) is 1.92. The van der Waals surface area contributed by atoms with Crippen LogP contribution in [0.15, 0.2) is 24.3 Å². The van der Waals surface area contributed by atoms with Gasteiger partial charge in [0.05, 0.1) is 11.5 Å².